The lowest BCUT2D eigenvalue weighted by molar-refractivity contribution is 0.660. The molecule has 0 fully saturated rings. The topological polar surface area (TPSA) is 3.24 Å². The number of nitrogens with zero attached hydrogens (tertiary/aromatic N) is 1. The van der Waals surface area contributed by atoms with Crippen molar-refractivity contribution >= 4 is 49.4 Å². The van der Waals surface area contributed by atoms with E-state index in [1.54, 1.807) is 0 Å². The second-order valence-corrected chi connectivity index (χ2v) is 16.1. The molecule has 0 N–H and O–H groups in total. The predicted molar refractivity (Wildman–Crippen MR) is 248 cm³/mol. The third-order valence-corrected chi connectivity index (χ3v) is 12.5. The zero-order chi connectivity index (χ0) is 38.8. The summed E-state index contributed by atoms with van der Waals surface area (Å²) in [6, 6.07) is 78.1. The number of fused-ring (bicyclic) bond motifs is 7. The number of rotatable bonds is 6. The van der Waals surface area contributed by atoms with Crippen LogP contribution in [0.25, 0.3) is 76.8 Å². The predicted octanol–water partition coefficient (Wildman–Crippen LogP) is 15.9. The highest BCUT2D eigenvalue weighted by Gasteiger charge is 2.36. The minimum Gasteiger partial charge on any atom is -0.310 e. The molecule has 274 valence electrons. The van der Waals surface area contributed by atoms with Crippen LogP contribution in [0.2, 0.25) is 0 Å². The Kier molecular flexibility index (Phi) is 7.91. The molecule has 0 saturated carbocycles. The second-order valence-electron chi connectivity index (χ2n) is 16.1. The Balaban J connectivity index is 0.935. The molecule has 10 aromatic rings. The summed E-state index contributed by atoms with van der Waals surface area (Å²) in [5.41, 5.74) is 16.0. The molecule has 0 aromatic heterocycles. The molecule has 1 aliphatic rings. The van der Waals surface area contributed by atoms with Gasteiger partial charge in [-0.3, -0.25) is 0 Å². The highest BCUT2D eigenvalue weighted by atomic mass is 15.1. The Morgan fingerprint density at radius 3 is 1.59 bits per heavy atom. The molecule has 58 heavy (non-hydrogen) atoms. The maximum absolute atomic E-state index is 2.43. The standard InChI is InChI=1S/C57H41N/c1-57(2)55-36-42(38-23-25-41(26-24-38)54-35-43-14-7-9-19-49(43)50-20-10-11-21-51(50)54)29-33-52(55)53-34-32-46(37-56(53)57)58(44-16-4-3-5-17-44)45-30-27-40(28-31-45)48-22-12-15-39-13-6-8-18-47(39)48/h3-37H,1-2H3. The molecular formula is C57H41N. The molecule has 11 rings (SSSR count). The Morgan fingerprint density at radius 2 is 0.810 bits per heavy atom. The van der Waals surface area contributed by atoms with E-state index < -0.39 is 0 Å². The number of hydrogen-bond donors (Lipinski definition) is 0. The molecule has 0 unspecified atom stereocenters. The molecule has 0 heterocycles. The van der Waals surface area contributed by atoms with Gasteiger partial charge < -0.3 is 4.90 Å². The van der Waals surface area contributed by atoms with Crippen LogP contribution in [0.15, 0.2) is 212 Å². The summed E-state index contributed by atoms with van der Waals surface area (Å²) in [4.78, 5) is 2.39. The van der Waals surface area contributed by atoms with Gasteiger partial charge in [-0.15, -0.1) is 0 Å². The van der Waals surface area contributed by atoms with Gasteiger partial charge in [0.2, 0.25) is 0 Å². The second kappa shape index (κ2) is 13.5. The molecule has 0 saturated heterocycles. The van der Waals surface area contributed by atoms with E-state index in [2.05, 4.69) is 231 Å². The minimum absolute atomic E-state index is 0.179. The van der Waals surface area contributed by atoms with E-state index in [1.165, 1.54) is 88.0 Å². The van der Waals surface area contributed by atoms with Gasteiger partial charge in [-0.2, -0.15) is 0 Å². The van der Waals surface area contributed by atoms with E-state index >= 15 is 0 Å². The number of para-hydroxylation sites is 1. The Hall–Kier alpha value is -7.22. The molecule has 0 atom stereocenters. The van der Waals surface area contributed by atoms with E-state index in [9.17, 15) is 0 Å². The monoisotopic (exact) mass is 739 g/mol. The molecule has 0 spiro atoms. The summed E-state index contributed by atoms with van der Waals surface area (Å²) in [5, 5.41) is 7.68. The van der Waals surface area contributed by atoms with E-state index in [4.69, 9.17) is 0 Å². The summed E-state index contributed by atoms with van der Waals surface area (Å²) in [7, 11) is 0. The Bertz CT molecular complexity index is 3170. The average molecular weight is 740 g/mol. The normalized spacial score (nSPS) is 12.8. The SMILES string of the molecule is CC1(C)c2cc(-c3ccc(-c4cc5ccccc5c5ccccc45)cc3)ccc2-c2ccc(N(c3ccccc3)c3ccc(-c4cccc5ccccc45)cc3)cc21. The summed E-state index contributed by atoms with van der Waals surface area (Å²) in [5.74, 6) is 0. The summed E-state index contributed by atoms with van der Waals surface area (Å²) in [6.07, 6.45) is 0. The summed E-state index contributed by atoms with van der Waals surface area (Å²) < 4.78 is 0. The summed E-state index contributed by atoms with van der Waals surface area (Å²) >= 11 is 0. The van der Waals surface area contributed by atoms with Crippen molar-refractivity contribution < 1.29 is 0 Å². The molecule has 10 aromatic carbocycles. The molecule has 0 radical (unpaired) electrons. The van der Waals surface area contributed by atoms with Gasteiger partial charge in [-0.05, 0) is 136 Å². The van der Waals surface area contributed by atoms with Crippen molar-refractivity contribution in [2.24, 2.45) is 0 Å². The third kappa shape index (κ3) is 5.54. The first-order valence-corrected chi connectivity index (χ1v) is 20.3. The minimum atomic E-state index is -0.179. The van der Waals surface area contributed by atoms with Crippen LogP contribution in [-0.4, -0.2) is 0 Å². The first-order chi connectivity index (χ1) is 28.5. The van der Waals surface area contributed by atoms with Crippen LogP contribution in [0.5, 0.6) is 0 Å². The maximum Gasteiger partial charge on any atom is 0.0465 e. The highest BCUT2D eigenvalue weighted by Crippen LogP contribution is 2.52. The van der Waals surface area contributed by atoms with Gasteiger partial charge in [0.15, 0.2) is 0 Å². The van der Waals surface area contributed by atoms with Gasteiger partial charge in [0, 0.05) is 22.5 Å². The molecule has 1 nitrogen and oxygen atoms in total. The molecule has 0 aliphatic heterocycles. The first kappa shape index (κ1) is 34.1. The molecule has 1 heteroatoms. The van der Waals surface area contributed by atoms with Crippen LogP contribution >= 0.6 is 0 Å². The number of benzene rings is 10. The maximum atomic E-state index is 2.43. The van der Waals surface area contributed by atoms with E-state index in [0.29, 0.717) is 0 Å². The van der Waals surface area contributed by atoms with Crippen molar-refractivity contribution in [3.8, 4) is 44.5 Å². The van der Waals surface area contributed by atoms with Crippen molar-refractivity contribution in [1.82, 2.24) is 0 Å². The van der Waals surface area contributed by atoms with Gasteiger partial charge in [0.1, 0.15) is 0 Å². The first-order valence-electron chi connectivity index (χ1n) is 20.3. The van der Waals surface area contributed by atoms with Crippen molar-refractivity contribution in [2.75, 3.05) is 4.90 Å². The smallest absolute Gasteiger partial charge is 0.0465 e. The van der Waals surface area contributed by atoms with Crippen molar-refractivity contribution in [3.63, 3.8) is 0 Å². The van der Waals surface area contributed by atoms with Gasteiger partial charge in [-0.1, -0.05) is 178 Å². The molecule has 0 bridgehead atoms. The van der Waals surface area contributed by atoms with Crippen LogP contribution in [0, 0.1) is 0 Å². The van der Waals surface area contributed by atoms with Crippen molar-refractivity contribution in [2.45, 2.75) is 19.3 Å². The number of hydrogen-bond acceptors (Lipinski definition) is 1. The quantitative estimate of drug-likeness (QED) is 0.154. The highest BCUT2D eigenvalue weighted by molar-refractivity contribution is 6.13. The average Bonchev–Trinajstić information content (AvgIpc) is 3.51. The zero-order valence-corrected chi connectivity index (χ0v) is 32.7. The van der Waals surface area contributed by atoms with Crippen LogP contribution < -0.4 is 4.90 Å². The lowest BCUT2D eigenvalue weighted by atomic mass is 9.81. The van der Waals surface area contributed by atoms with Crippen LogP contribution in [-0.2, 0) is 5.41 Å². The van der Waals surface area contributed by atoms with E-state index in [1.807, 2.05) is 0 Å². The Morgan fingerprint density at radius 1 is 0.293 bits per heavy atom. The molecule has 0 amide bonds. The third-order valence-electron chi connectivity index (χ3n) is 12.5. The van der Waals surface area contributed by atoms with E-state index in [0.717, 1.165) is 17.1 Å². The number of anilines is 3. The van der Waals surface area contributed by atoms with Crippen molar-refractivity contribution in [1.29, 1.82) is 0 Å². The fraction of sp³-hybridized carbons (Fsp3) is 0.0526. The lowest BCUT2D eigenvalue weighted by Gasteiger charge is -2.28. The van der Waals surface area contributed by atoms with Crippen LogP contribution in [0.1, 0.15) is 25.0 Å². The zero-order valence-electron chi connectivity index (χ0n) is 32.7. The van der Waals surface area contributed by atoms with Gasteiger partial charge in [0.05, 0.1) is 0 Å². The molecular weight excluding hydrogens is 699 g/mol. The molecule has 1 aliphatic carbocycles. The summed E-state index contributed by atoms with van der Waals surface area (Å²) in [6.45, 7) is 4.76. The van der Waals surface area contributed by atoms with Gasteiger partial charge in [-0.25, -0.2) is 0 Å². The van der Waals surface area contributed by atoms with Crippen LogP contribution in [0.4, 0.5) is 17.1 Å². The largest absolute Gasteiger partial charge is 0.310 e. The van der Waals surface area contributed by atoms with E-state index in [-0.39, 0.29) is 5.41 Å². The van der Waals surface area contributed by atoms with Crippen LogP contribution in [0.3, 0.4) is 0 Å². The fourth-order valence-corrected chi connectivity index (χ4v) is 9.47. The Labute approximate surface area is 340 Å². The van der Waals surface area contributed by atoms with Gasteiger partial charge >= 0.3 is 0 Å². The van der Waals surface area contributed by atoms with Gasteiger partial charge in [0.25, 0.3) is 0 Å². The lowest BCUT2D eigenvalue weighted by Crippen LogP contribution is -2.16. The van der Waals surface area contributed by atoms with Crippen molar-refractivity contribution in [3.05, 3.63) is 223 Å². The fourth-order valence-electron chi connectivity index (χ4n) is 9.47.